The summed E-state index contributed by atoms with van der Waals surface area (Å²) in [6.45, 7) is 7.65. The SMILES string of the molecule is C=C(C(N)=O)c1c(N)c(C)c(OC)c(Nc2cc(Nc3ccc(OCC4CCCO4)c(Cl)c3)ncn2)c1CCN(C)C. The van der Waals surface area contributed by atoms with Gasteiger partial charge in [-0.3, -0.25) is 4.79 Å². The van der Waals surface area contributed by atoms with E-state index in [1.807, 2.05) is 38.1 Å². The molecule has 11 nitrogen and oxygen atoms in total. The number of halogens is 1. The molecule has 0 saturated carbocycles. The van der Waals surface area contributed by atoms with E-state index in [1.165, 1.54) is 6.33 Å². The summed E-state index contributed by atoms with van der Waals surface area (Å²) in [4.78, 5) is 23.0. The Morgan fingerprint density at radius 3 is 2.60 bits per heavy atom. The number of aromatic nitrogens is 2. The lowest BCUT2D eigenvalue weighted by Crippen LogP contribution is -2.20. The molecule has 1 aliphatic heterocycles. The Morgan fingerprint density at radius 2 is 1.98 bits per heavy atom. The molecule has 0 bridgehead atoms. The van der Waals surface area contributed by atoms with Gasteiger partial charge >= 0.3 is 0 Å². The number of carbonyl (C=O) groups is 1. The van der Waals surface area contributed by atoms with Gasteiger partial charge in [0, 0.05) is 47.3 Å². The summed E-state index contributed by atoms with van der Waals surface area (Å²) < 4.78 is 17.3. The van der Waals surface area contributed by atoms with Crippen molar-refractivity contribution in [1.29, 1.82) is 0 Å². The van der Waals surface area contributed by atoms with Crippen LogP contribution < -0.4 is 31.6 Å². The van der Waals surface area contributed by atoms with Crippen LogP contribution in [-0.2, 0) is 16.0 Å². The number of nitrogen functional groups attached to an aromatic ring is 1. The topological polar surface area (TPSA) is 150 Å². The van der Waals surface area contributed by atoms with E-state index in [9.17, 15) is 4.79 Å². The standard InChI is InChI=1S/C30H38ClN7O4/c1-17(30(33)39)26-21(10-11-38(3)4)28(29(40-5)18(2)27(26)32)37-25-14-24(34-16-35-25)36-19-8-9-23(22(31)13-19)42-15-20-7-6-12-41-20/h8-9,13-14,16,20H,1,6-7,10-12,15,32H2,2-5H3,(H2,33,39)(H2,34,35,36,37). The Balaban J connectivity index is 1.62. The van der Waals surface area contributed by atoms with Crippen LogP contribution in [0.4, 0.5) is 28.7 Å². The number of nitrogens with two attached hydrogens (primary N) is 2. The van der Waals surface area contributed by atoms with Crippen LogP contribution in [0.2, 0.25) is 5.02 Å². The van der Waals surface area contributed by atoms with Crippen LogP contribution in [0.15, 0.2) is 37.2 Å². The first-order valence-corrected chi connectivity index (χ1v) is 14.0. The first kappa shape index (κ1) is 30.9. The van der Waals surface area contributed by atoms with Crippen molar-refractivity contribution in [3.05, 3.63) is 58.9 Å². The number of ether oxygens (including phenoxy) is 3. The van der Waals surface area contributed by atoms with E-state index in [-0.39, 0.29) is 11.7 Å². The number of carbonyl (C=O) groups excluding carboxylic acids is 1. The molecule has 2 heterocycles. The van der Waals surface area contributed by atoms with Gasteiger partial charge in [0.25, 0.3) is 0 Å². The summed E-state index contributed by atoms with van der Waals surface area (Å²) in [5, 5.41) is 7.09. The number of nitrogens with zero attached hydrogens (tertiary/aromatic N) is 3. The largest absolute Gasteiger partial charge is 0.494 e. The number of likely N-dealkylation sites (N-methyl/N-ethyl adjacent to an activating group) is 1. The molecule has 1 saturated heterocycles. The highest BCUT2D eigenvalue weighted by molar-refractivity contribution is 6.32. The number of nitrogens with one attached hydrogen (secondary N) is 2. The first-order valence-electron chi connectivity index (χ1n) is 13.6. The van der Waals surface area contributed by atoms with Gasteiger partial charge in [0.1, 0.15) is 36.1 Å². The van der Waals surface area contributed by atoms with Gasteiger partial charge in [-0.05, 0) is 64.0 Å². The van der Waals surface area contributed by atoms with Crippen LogP contribution in [-0.4, -0.2) is 67.8 Å². The Kier molecular flexibility index (Phi) is 10.1. The number of benzene rings is 2. The molecule has 1 unspecified atom stereocenters. The molecule has 6 N–H and O–H groups in total. The zero-order chi connectivity index (χ0) is 30.4. The molecule has 1 fully saturated rings. The summed E-state index contributed by atoms with van der Waals surface area (Å²) in [5.74, 6) is 1.48. The van der Waals surface area contributed by atoms with Crippen LogP contribution in [0.25, 0.3) is 5.57 Å². The van der Waals surface area contributed by atoms with Gasteiger partial charge in [0.2, 0.25) is 5.91 Å². The molecule has 4 rings (SSSR count). The van der Waals surface area contributed by atoms with Gasteiger partial charge in [0.05, 0.1) is 23.9 Å². The van der Waals surface area contributed by atoms with Crippen molar-refractivity contribution in [3.8, 4) is 11.5 Å². The average molecular weight is 596 g/mol. The Hall–Kier alpha value is -4.06. The minimum absolute atomic E-state index is 0.0996. The molecular formula is C30H38ClN7O4. The molecule has 0 spiro atoms. The maximum atomic E-state index is 12.2. The van der Waals surface area contributed by atoms with Crippen molar-refractivity contribution >= 4 is 51.8 Å². The maximum Gasteiger partial charge on any atom is 0.248 e. The summed E-state index contributed by atoms with van der Waals surface area (Å²) >= 11 is 6.49. The van der Waals surface area contributed by atoms with Crippen LogP contribution in [0.5, 0.6) is 11.5 Å². The van der Waals surface area contributed by atoms with Crippen molar-refractivity contribution in [2.75, 3.05) is 57.3 Å². The average Bonchev–Trinajstić information content (AvgIpc) is 3.47. The number of hydrogen-bond donors (Lipinski definition) is 4. The number of anilines is 5. The van der Waals surface area contributed by atoms with Crippen molar-refractivity contribution in [3.63, 3.8) is 0 Å². The van der Waals surface area contributed by atoms with Crippen molar-refractivity contribution in [2.45, 2.75) is 32.3 Å². The quantitative estimate of drug-likeness (QED) is 0.162. The van der Waals surface area contributed by atoms with Gasteiger partial charge in [-0.15, -0.1) is 0 Å². The lowest BCUT2D eigenvalue weighted by molar-refractivity contribution is -0.112. The number of rotatable bonds is 13. The molecule has 1 aliphatic rings. The lowest BCUT2D eigenvalue weighted by Gasteiger charge is -2.24. The number of amides is 1. The molecule has 1 amide bonds. The smallest absolute Gasteiger partial charge is 0.248 e. The maximum absolute atomic E-state index is 12.2. The highest BCUT2D eigenvalue weighted by Gasteiger charge is 2.25. The summed E-state index contributed by atoms with van der Waals surface area (Å²) in [5.41, 5.74) is 15.9. The van der Waals surface area contributed by atoms with Crippen molar-refractivity contribution in [1.82, 2.24) is 14.9 Å². The van der Waals surface area contributed by atoms with Crippen molar-refractivity contribution in [2.24, 2.45) is 5.73 Å². The van der Waals surface area contributed by atoms with Crippen LogP contribution >= 0.6 is 11.6 Å². The van der Waals surface area contributed by atoms with Crippen molar-refractivity contribution < 1.29 is 19.0 Å². The Morgan fingerprint density at radius 1 is 1.24 bits per heavy atom. The van der Waals surface area contributed by atoms with Gasteiger partial charge < -0.3 is 41.2 Å². The fraction of sp³-hybridized carbons (Fsp3) is 0.367. The third-order valence-corrected chi connectivity index (χ3v) is 7.33. The zero-order valence-electron chi connectivity index (χ0n) is 24.4. The highest BCUT2D eigenvalue weighted by Crippen LogP contribution is 2.43. The second kappa shape index (κ2) is 13.7. The zero-order valence-corrected chi connectivity index (χ0v) is 25.2. The van der Waals surface area contributed by atoms with Gasteiger partial charge in [-0.25, -0.2) is 9.97 Å². The lowest BCUT2D eigenvalue weighted by atomic mass is 9.91. The molecule has 1 atom stereocenters. The molecule has 0 aliphatic carbocycles. The normalized spacial score (nSPS) is 14.6. The molecule has 3 aromatic rings. The Labute approximate surface area is 251 Å². The fourth-order valence-electron chi connectivity index (χ4n) is 4.79. The third kappa shape index (κ3) is 7.22. The molecule has 0 radical (unpaired) electrons. The molecular weight excluding hydrogens is 558 g/mol. The van der Waals surface area contributed by atoms with E-state index in [4.69, 9.17) is 37.3 Å². The molecule has 12 heteroatoms. The van der Waals surface area contributed by atoms with Gasteiger partial charge in [-0.1, -0.05) is 18.2 Å². The van der Waals surface area contributed by atoms with Crippen LogP contribution in [0.1, 0.15) is 29.5 Å². The second-order valence-corrected chi connectivity index (χ2v) is 10.7. The molecule has 1 aromatic heterocycles. The van der Waals surface area contributed by atoms with E-state index < -0.39 is 5.91 Å². The monoisotopic (exact) mass is 595 g/mol. The number of hydrogen-bond acceptors (Lipinski definition) is 10. The number of primary amides is 1. The van der Waals surface area contributed by atoms with Crippen LogP contribution in [0, 0.1) is 6.92 Å². The van der Waals surface area contributed by atoms with E-state index >= 15 is 0 Å². The predicted molar refractivity (Wildman–Crippen MR) is 167 cm³/mol. The number of methoxy groups -OCH3 is 1. The van der Waals surface area contributed by atoms with Gasteiger partial charge in [-0.2, -0.15) is 0 Å². The minimum Gasteiger partial charge on any atom is -0.494 e. The van der Waals surface area contributed by atoms with E-state index in [0.29, 0.717) is 70.2 Å². The highest BCUT2D eigenvalue weighted by atomic mass is 35.5. The molecule has 2 aromatic carbocycles. The summed E-state index contributed by atoms with van der Waals surface area (Å²) in [7, 11) is 5.49. The second-order valence-electron chi connectivity index (χ2n) is 10.3. The molecule has 224 valence electrons. The summed E-state index contributed by atoms with van der Waals surface area (Å²) in [6, 6.07) is 7.19. The first-order chi connectivity index (χ1) is 20.1. The van der Waals surface area contributed by atoms with E-state index in [0.717, 1.165) is 30.7 Å². The minimum atomic E-state index is -0.654. The van der Waals surface area contributed by atoms with E-state index in [1.54, 1.807) is 19.2 Å². The predicted octanol–water partition coefficient (Wildman–Crippen LogP) is 4.68. The van der Waals surface area contributed by atoms with E-state index in [2.05, 4.69) is 27.2 Å². The van der Waals surface area contributed by atoms with Crippen LogP contribution in [0.3, 0.4) is 0 Å². The fourth-order valence-corrected chi connectivity index (χ4v) is 5.02. The van der Waals surface area contributed by atoms with Gasteiger partial charge in [0.15, 0.2) is 0 Å². The molecule has 42 heavy (non-hydrogen) atoms. The summed E-state index contributed by atoms with van der Waals surface area (Å²) in [6.07, 6.45) is 4.11. The third-order valence-electron chi connectivity index (χ3n) is 7.03. The Bertz CT molecular complexity index is 1460.